The Kier molecular flexibility index (Phi) is 6.56. The average molecular weight is 422 g/mol. The third kappa shape index (κ3) is 4.95. The summed E-state index contributed by atoms with van der Waals surface area (Å²) in [5.41, 5.74) is 0.603. The highest BCUT2D eigenvalue weighted by atomic mass is 32.2. The minimum absolute atomic E-state index is 0.0563. The number of nitrogens with zero attached hydrogens (tertiary/aromatic N) is 2. The van der Waals surface area contributed by atoms with Gasteiger partial charge < -0.3 is 15.0 Å². The van der Waals surface area contributed by atoms with Crippen molar-refractivity contribution >= 4 is 27.7 Å². The summed E-state index contributed by atoms with van der Waals surface area (Å²) in [6.07, 6.45) is 2.89. The topological polar surface area (TPSA) is 105 Å². The molecule has 2 heterocycles. The summed E-state index contributed by atoms with van der Waals surface area (Å²) in [6.45, 7) is 4.69. The lowest BCUT2D eigenvalue weighted by Gasteiger charge is -2.32. The smallest absolute Gasteiger partial charge is 0.309 e. The first-order valence-electron chi connectivity index (χ1n) is 9.97. The van der Waals surface area contributed by atoms with Crippen molar-refractivity contribution in [2.24, 2.45) is 10.3 Å². The van der Waals surface area contributed by atoms with Crippen molar-refractivity contribution in [3.05, 3.63) is 29.8 Å². The number of nitrogens with one attached hydrogen (secondary N) is 1. The summed E-state index contributed by atoms with van der Waals surface area (Å²) in [5, 5.41) is 2.80. The molecule has 8 nitrogen and oxygen atoms in total. The fourth-order valence-electron chi connectivity index (χ4n) is 3.72. The zero-order valence-corrected chi connectivity index (χ0v) is 17.6. The van der Waals surface area contributed by atoms with Crippen molar-refractivity contribution < 1.29 is 22.7 Å². The number of hydrogen-bond donors (Lipinski definition) is 1. The van der Waals surface area contributed by atoms with E-state index in [0.29, 0.717) is 37.3 Å². The van der Waals surface area contributed by atoms with Crippen LogP contribution in [0.2, 0.25) is 0 Å². The van der Waals surface area contributed by atoms with E-state index in [1.54, 1.807) is 24.3 Å². The number of rotatable bonds is 6. The summed E-state index contributed by atoms with van der Waals surface area (Å²) < 4.78 is 33.5. The molecule has 158 valence electrons. The second-order valence-corrected chi connectivity index (χ2v) is 9.08. The molecule has 0 bridgehead atoms. The van der Waals surface area contributed by atoms with Crippen LogP contribution in [-0.4, -0.2) is 56.8 Å². The first-order valence-corrected chi connectivity index (χ1v) is 11.4. The summed E-state index contributed by atoms with van der Waals surface area (Å²) in [5.74, 6) is -0.541. The molecule has 1 fully saturated rings. The van der Waals surface area contributed by atoms with Gasteiger partial charge in [-0.25, -0.2) is 0 Å². The summed E-state index contributed by atoms with van der Waals surface area (Å²) in [4.78, 5) is 26.3. The van der Waals surface area contributed by atoms with Gasteiger partial charge in [-0.05, 0) is 38.3 Å². The van der Waals surface area contributed by atoms with Crippen LogP contribution in [0, 0.1) is 5.92 Å². The Balaban J connectivity index is 1.51. The highest BCUT2D eigenvalue weighted by molar-refractivity contribution is 7.90. The van der Waals surface area contributed by atoms with Crippen molar-refractivity contribution in [3.63, 3.8) is 0 Å². The molecule has 29 heavy (non-hydrogen) atoms. The predicted molar refractivity (Wildman–Crippen MR) is 108 cm³/mol. The molecular formula is C20H27N3O5S. The molecule has 1 amide bonds. The number of hydrogen-bond acceptors (Lipinski definition) is 6. The molecule has 0 radical (unpaired) electrons. The van der Waals surface area contributed by atoms with Crippen molar-refractivity contribution in [2.45, 2.75) is 50.5 Å². The van der Waals surface area contributed by atoms with Crippen molar-refractivity contribution in [2.75, 3.05) is 19.7 Å². The summed E-state index contributed by atoms with van der Waals surface area (Å²) >= 11 is 0. The number of amides is 1. The second-order valence-electron chi connectivity index (χ2n) is 7.51. The van der Waals surface area contributed by atoms with Crippen LogP contribution >= 0.6 is 0 Å². The highest BCUT2D eigenvalue weighted by Gasteiger charge is 2.34. The SMILES string of the molecule is CCC[C@H](C)NC(=O)COC(=O)C1CCN(C2=NS(=O)(=O)c3ccccc32)CC1. The number of piperidine rings is 1. The van der Waals surface area contributed by atoms with E-state index >= 15 is 0 Å². The number of fused-ring (bicyclic) bond motifs is 1. The maximum absolute atomic E-state index is 12.3. The van der Waals surface area contributed by atoms with Crippen LogP contribution < -0.4 is 5.32 Å². The molecule has 1 aromatic carbocycles. The average Bonchev–Trinajstić information content (AvgIpc) is 2.98. The zero-order chi connectivity index (χ0) is 21.0. The predicted octanol–water partition coefficient (Wildman–Crippen LogP) is 1.70. The van der Waals surface area contributed by atoms with Gasteiger partial charge in [0.25, 0.3) is 15.9 Å². The number of amidine groups is 1. The number of ether oxygens (including phenoxy) is 1. The molecule has 2 aliphatic rings. The molecule has 1 aromatic rings. The van der Waals surface area contributed by atoms with Gasteiger partial charge in [-0.1, -0.05) is 25.5 Å². The lowest BCUT2D eigenvalue weighted by molar-refractivity contribution is -0.153. The van der Waals surface area contributed by atoms with E-state index in [0.717, 1.165) is 12.8 Å². The Morgan fingerprint density at radius 3 is 2.66 bits per heavy atom. The quantitative estimate of drug-likeness (QED) is 0.701. The van der Waals surface area contributed by atoms with Gasteiger partial charge in [0.05, 0.1) is 5.92 Å². The van der Waals surface area contributed by atoms with Crippen LogP contribution in [0.1, 0.15) is 45.1 Å². The summed E-state index contributed by atoms with van der Waals surface area (Å²) in [7, 11) is -3.66. The lowest BCUT2D eigenvalue weighted by Crippen LogP contribution is -2.41. The molecule has 0 saturated carbocycles. The fourth-order valence-corrected chi connectivity index (χ4v) is 4.95. The van der Waals surface area contributed by atoms with Gasteiger partial charge in [-0.3, -0.25) is 9.59 Å². The molecule has 3 rings (SSSR count). The van der Waals surface area contributed by atoms with Crippen LogP contribution in [0.4, 0.5) is 0 Å². The molecule has 2 aliphatic heterocycles. The van der Waals surface area contributed by atoms with Crippen LogP contribution in [0.5, 0.6) is 0 Å². The zero-order valence-electron chi connectivity index (χ0n) is 16.8. The first-order chi connectivity index (χ1) is 13.8. The van der Waals surface area contributed by atoms with Gasteiger partial charge in [0.15, 0.2) is 12.4 Å². The Hall–Kier alpha value is -2.42. The molecule has 0 unspecified atom stereocenters. The maximum atomic E-state index is 12.3. The van der Waals surface area contributed by atoms with E-state index in [-0.39, 0.29) is 35.3 Å². The van der Waals surface area contributed by atoms with E-state index in [4.69, 9.17) is 4.74 Å². The van der Waals surface area contributed by atoms with Crippen LogP contribution in [0.15, 0.2) is 33.6 Å². The number of esters is 1. The van der Waals surface area contributed by atoms with Gasteiger partial charge in [0.2, 0.25) is 0 Å². The highest BCUT2D eigenvalue weighted by Crippen LogP contribution is 2.29. The van der Waals surface area contributed by atoms with Crippen LogP contribution in [-0.2, 0) is 24.3 Å². The monoisotopic (exact) mass is 421 g/mol. The Bertz CT molecular complexity index is 904. The molecule has 1 atom stereocenters. The molecular weight excluding hydrogens is 394 g/mol. The van der Waals surface area contributed by atoms with Gasteiger partial charge >= 0.3 is 5.97 Å². The van der Waals surface area contributed by atoms with Crippen molar-refractivity contribution in [1.29, 1.82) is 0 Å². The normalized spacial score (nSPS) is 19.2. The number of benzene rings is 1. The molecule has 1 N–H and O–H groups in total. The standard InChI is InChI=1S/C20H27N3O5S/c1-3-6-14(2)21-18(24)13-28-20(25)15-9-11-23(12-10-15)19-16-7-4-5-8-17(16)29(26,27)22-19/h4-5,7-8,14-15H,3,6,9-13H2,1-2H3,(H,21,24)/t14-/m0/s1. The third-order valence-corrected chi connectivity index (χ3v) is 6.54. The molecule has 1 saturated heterocycles. The van der Waals surface area contributed by atoms with Gasteiger partial charge in [0.1, 0.15) is 4.90 Å². The van der Waals surface area contributed by atoms with Gasteiger partial charge in [0, 0.05) is 24.7 Å². The third-order valence-electron chi connectivity index (χ3n) is 5.21. The molecule has 9 heteroatoms. The van der Waals surface area contributed by atoms with Crippen molar-refractivity contribution in [1.82, 2.24) is 10.2 Å². The second kappa shape index (κ2) is 8.94. The van der Waals surface area contributed by atoms with Crippen LogP contribution in [0.3, 0.4) is 0 Å². The van der Waals surface area contributed by atoms with E-state index in [1.165, 1.54) is 0 Å². The maximum Gasteiger partial charge on any atom is 0.309 e. The number of carbonyl (C=O) groups is 2. The Labute approximate surface area is 171 Å². The number of sulfonamides is 1. The molecule has 0 spiro atoms. The minimum atomic E-state index is -3.66. The Morgan fingerprint density at radius 1 is 1.28 bits per heavy atom. The minimum Gasteiger partial charge on any atom is -0.455 e. The van der Waals surface area contributed by atoms with Crippen LogP contribution in [0.25, 0.3) is 0 Å². The first kappa shape index (κ1) is 21.3. The van der Waals surface area contributed by atoms with Gasteiger partial charge in [-0.15, -0.1) is 4.40 Å². The summed E-state index contributed by atoms with van der Waals surface area (Å²) in [6, 6.07) is 6.82. The Morgan fingerprint density at radius 2 is 1.97 bits per heavy atom. The number of carbonyl (C=O) groups excluding carboxylic acids is 2. The largest absolute Gasteiger partial charge is 0.455 e. The van der Waals surface area contributed by atoms with E-state index in [9.17, 15) is 18.0 Å². The van der Waals surface area contributed by atoms with Crippen molar-refractivity contribution in [3.8, 4) is 0 Å². The van der Waals surface area contributed by atoms with Gasteiger partial charge in [-0.2, -0.15) is 8.42 Å². The van der Waals surface area contributed by atoms with E-state index < -0.39 is 10.0 Å². The van der Waals surface area contributed by atoms with E-state index in [2.05, 4.69) is 9.71 Å². The molecule has 0 aromatic heterocycles. The lowest BCUT2D eigenvalue weighted by atomic mass is 9.96. The number of likely N-dealkylation sites (tertiary alicyclic amines) is 1. The molecule has 0 aliphatic carbocycles. The van der Waals surface area contributed by atoms with E-state index in [1.807, 2.05) is 18.7 Å². The fraction of sp³-hybridized carbons (Fsp3) is 0.550.